The van der Waals surface area contributed by atoms with Crippen molar-refractivity contribution >= 4 is 5.97 Å². The highest BCUT2D eigenvalue weighted by Gasteiger charge is 2.48. The molecule has 2 unspecified atom stereocenters. The van der Waals surface area contributed by atoms with E-state index in [-0.39, 0.29) is 5.41 Å². The number of carbonyl (C=O) groups is 1. The summed E-state index contributed by atoms with van der Waals surface area (Å²) in [5, 5.41) is 19.3. The Hall–Kier alpha value is -0.570. The van der Waals surface area contributed by atoms with E-state index in [9.17, 15) is 9.90 Å². The summed E-state index contributed by atoms with van der Waals surface area (Å²) in [5.41, 5.74) is -0.901. The van der Waals surface area contributed by atoms with Crippen molar-refractivity contribution in [3.8, 4) is 0 Å². The second kappa shape index (κ2) is 3.54. The molecule has 3 nitrogen and oxygen atoms in total. The van der Waals surface area contributed by atoms with Gasteiger partial charge in [0, 0.05) is 0 Å². The van der Waals surface area contributed by atoms with Gasteiger partial charge in [-0.15, -0.1) is 0 Å². The third-order valence-corrected chi connectivity index (χ3v) is 3.37. The molecule has 0 saturated heterocycles. The first kappa shape index (κ1) is 11.5. The van der Waals surface area contributed by atoms with E-state index in [0.29, 0.717) is 19.3 Å². The van der Waals surface area contributed by atoms with Gasteiger partial charge in [0.25, 0.3) is 0 Å². The molecule has 82 valence electrons. The summed E-state index contributed by atoms with van der Waals surface area (Å²) in [6.07, 6.45) is 2.63. The van der Waals surface area contributed by atoms with Gasteiger partial charge in [-0.3, -0.25) is 4.79 Å². The Morgan fingerprint density at radius 2 is 2.00 bits per heavy atom. The monoisotopic (exact) mass is 200 g/mol. The van der Waals surface area contributed by atoms with Gasteiger partial charge in [0.1, 0.15) is 0 Å². The van der Waals surface area contributed by atoms with Crippen LogP contribution in [-0.2, 0) is 4.79 Å². The number of hydrogen-bond acceptors (Lipinski definition) is 2. The molecule has 1 saturated carbocycles. The van der Waals surface area contributed by atoms with Crippen LogP contribution in [0.3, 0.4) is 0 Å². The van der Waals surface area contributed by atoms with E-state index in [1.54, 1.807) is 0 Å². The SMILES string of the molecule is CCC(C(=O)O)C1(O)CCC(C)(C)C1. The maximum Gasteiger partial charge on any atom is 0.309 e. The van der Waals surface area contributed by atoms with Crippen molar-refractivity contribution < 1.29 is 15.0 Å². The molecular formula is C11H20O3. The van der Waals surface area contributed by atoms with E-state index in [1.165, 1.54) is 0 Å². The number of hydrogen-bond donors (Lipinski definition) is 2. The summed E-state index contributed by atoms with van der Waals surface area (Å²) in [4.78, 5) is 11.0. The van der Waals surface area contributed by atoms with Crippen LogP contribution in [0.25, 0.3) is 0 Å². The van der Waals surface area contributed by atoms with Crippen LogP contribution < -0.4 is 0 Å². The predicted octanol–water partition coefficient (Wildman–Crippen LogP) is 2.04. The van der Waals surface area contributed by atoms with Crippen LogP contribution in [0, 0.1) is 11.3 Å². The van der Waals surface area contributed by atoms with E-state index in [0.717, 1.165) is 6.42 Å². The van der Waals surface area contributed by atoms with Crippen LogP contribution in [0.15, 0.2) is 0 Å². The Morgan fingerprint density at radius 1 is 1.43 bits per heavy atom. The van der Waals surface area contributed by atoms with Crippen LogP contribution in [0.5, 0.6) is 0 Å². The normalized spacial score (nSPS) is 32.9. The zero-order valence-electron chi connectivity index (χ0n) is 9.21. The second-order valence-corrected chi connectivity index (χ2v) is 5.24. The minimum atomic E-state index is -0.982. The number of aliphatic carboxylic acids is 1. The lowest BCUT2D eigenvalue weighted by Crippen LogP contribution is -2.40. The predicted molar refractivity (Wildman–Crippen MR) is 54.0 cm³/mol. The number of carboxylic acids is 1. The molecule has 14 heavy (non-hydrogen) atoms. The minimum Gasteiger partial charge on any atom is -0.481 e. The lowest BCUT2D eigenvalue weighted by molar-refractivity contribution is -0.152. The molecule has 0 aliphatic heterocycles. The van der Waals surface area contributed by atoms with Gasteiger partial charge >= 0.3 is 5.97 Å². The average molecular weight is 200 g/mol. The molecule has 0 bridgehead atoms. The fraction of sp³-hybridized carbons (Fsp3) is 0.909. The summed E-state index contributed by atoms with van der Waals surface area (Å²) in [6, 6.07) is 0. The topological polar surface area (TPSA) is 57.5 Å². The number of rotatable bonds is 3. The molecule has 3 heteroatoms. The molecule has 0 heterocycles. The van der Waals surface area contributed by atoms with E-state index in [2.05, 4.69) is 13.8 Å². The Labute approximate surface area is 85.1 Å². The highest BCUT2D eigenvalue weighted by atomic mass is 16.4. The molecule has 1 aliphatic carbocycles. The lowest BCUT2D eigenvalue weighted by atomic mass is 9.81. The number of aliphatic hydroxyl groups is 1. The van der Waals surface area contributed by atoms with Gasteiger partial charge in [-0.1, -0.05) is 20.8 Å². The molecule has 0 aromatic carbocycles. The van der Waals surface area contributed by atoms with Crippen molar-refractivity contribution in [2.24, 2.45) is 11.3 Å². The Balaban J connectivity index is 2.80. The molecule has 2 atom stereocenters. The van der Waals surface area contributed by atoms with Gasteiger partial charge in [-0.05, 0) is 31.1 Å². The molecule has 0 aromatic rings. The van der Waals surface area contributed by atoms with Crippen LogP contribution in [0.4, 0.5) is 0 Å². The van der Waals surface area contributed by atoms with E-state index < -0.39 is 17.5 Å². The first-order valence-corrected chi connectivity index (χ1v) is 5.26. The Morgan fingerprint density at radius 3 is 2.29 bits per heavy atom. The van der Waals surface area contributed by atoms with Crippen molar-refractivity contribution in [3.63, 3.8) is 0 Å². The van der Waals surface area contributed by atoms with Crippen LogP contribution in [0.2, 0.25) is 0 Å². The summed E-state index contributed by atoms with van der Waals surface area (Å²) in [5.74, 6) is -1.48. The zero-order chi connectivity index (χ0) is 11.0. The standard InChI is InChI=1S/C11H20O3/c1-4-8(9(12)13)11(14)6-5-10(2,3)7-11/h8,14H,4-7H2,1-3H3,(H,12,13). The number of carboxylic acid groups (broad SMARTS) is 1. The summed E-state index contributed by atoms with van der Waals surface area (Å²) < 4.78 is 0. The first-order valence-electron chi connectivity index (χ1n) is 5.26. The fourth-order valence-electron chi connectivity index (χ4n) is 2.64. The van der Waals surface area contributed by atoms with Gasteiger partial charge in [-0.25, -0.2) is 0 Å². The Bertz CT molecular complexity index is 235. The van der Waals surface area contributed by atoms with Crippen LogP contribution in [-0.4, -0.2) is 21.8 Å². The first-order chi connectivity index (χ1) is 6.31. The van der Waals surface area contributed by atoms with Gasteiger partial charge in [-0.2, -0.15) is 0 Å². The molecule has 0 aromatic heterocycles. The third kappa shape index (κ3) is 2.08. The molecular weight excluding hydrogens is 180 g/mol. The molecule has 0 radical (unpaired) electrons. The molecule has 1 fully saturated rings. The average Bonchev–Trinajstić information content (AvgIpc) is 2.26. The molecule has 1 aliphatic rings. The van der Waals surface area contributed by atoms with E-state index >= 15 is 0 Å². The summed E-state index contributed by atoms with van der Waals surface area (Å²) >= 11 is 0. The smallest absolute Gasteiger partial charge is 0.309 e. The van der Waals surface area contributed by atoms with Crippen molar-refractivity contribution in [3.05, 3.63) is 0 Å². The molecule has 0 spiro atoms. The fourth-order valence-corrected chi connectivity index (χ4v) is 2.64. The van der Waals surface area contributed by atoms with Gasteiger partial charge in [0.15, 0.2) is 0 Å². The van der Waals surface area contributed by atoms with Crippen LogP contribution in [0.1, 0.15) is 46.5 Å². The van der Waals surface area contributed by atoms with Gasteiger partial charge in [0.2, 0.25) is 0 Å². The zero-order valence-corrected chi connectivity index (χ0v) is 9.21. The highest BCUT2D eigenvalue weighted by Crippen LogP contribution is 2.47. The third-order valence-electron chi connectivity index (χ3n) is 3.37. The van der Waals surface area contributed by atoms with E-state index in [4.69, 9.17) is 5.11 Å². The Kier molecular flexibility index (Phi) is 2.91. The van der Waals surface area contributed by atoms with Crippen molar-refractivity contribution in [2.75, 3.05) is 0 Å². The van der Waals surface area contributed by atoms with Crippen molar-refractivity contribution in [1.82, 2.24) is 0 Å². The van der Waals surface area contributed by atoms with E-state index in [1.807, 2.05) is 6.92 Å². The molecule has 2 N–H and O–H groups in total. The molecule has 0 amide bonds. The minimum absolute atomic E-state index is 0.0810. The molecule has 1 rings (SSSR count). The maximum absolute atomic E-state index is 11.0. The maximum atomic E-state index is 11.0. The second-order valence-electron chi connectivity index (χ2n) is 5.24. The van der Waals surface area contributed by atoms with Crippen molar-refractivity contribution in [2.45, 2.75) is 52.1 Å². The quantitative estimate of drug-likeness (QED) is 0.733. The van der Waals surface area contributed by atoms with Gasteiger partial charge < -0.3 is 10.2 Å². The largest absolute Gasteiger partial charge is 0.481 e. The highest BCUT2D eigenvalue weighted by molar-refractivity contribution is 5.71. The summed E-state index contributed by atoms with van der Waals surface area (Å²) in [6.45, 7) is 5.99. The van der Waals surface area contributed by atoms with Crippen LogP contribution >= 0.6 is 0 Å². The lowest BCUT2D eigenvalue weighted by Gasteiger charge is -2.30. The summed E-state index contributed by atoms with van der Waals surface area (Å²) in [7, 11) is 0. The van der Waals surface area contributed by atoms with Crippen molar-refractivity contribution in [1.29, 1.82) is 0 Å². The van der Waals surface area contributed by atoms with Gasteiger partial charge in [0.05, 0.1) is 11.5 Å².